The van der Waals surface area contributed by atoms with Crippen LogP contribution in [0.4, 0.5) is 4.79 Å². The molecule has 0 aromatic heterocycles. The lowest BCUT2D eigenvalue weighted by Gasteiger charge is -2.33. The molecule has 4 N–H and O–H groups in total. The fraction of sp³-hybridized carbons (Fsp3) is 0.812. The first-order valence-electron chi connectivity index (χ1n) is 8.71. The van der Waals surface area contributed by atoms with E-state index in [1.165, 1.54) is 0 Å². The van der Waals surface area contributed by atoms with Gasteiger partial charge in [-0.2, -0.15) is 0 Å². The average molecular weight is 375 g/mol. The number of rotatable bonds is 4. The van der Waals surface area contributed by atoms with Crippen molar-refractivity contribution in [1.29, 1.82) is 0 Å². The second-order valence-corrected chi connectivity index (χ2v) is 7.38. The maximum absolute atomic E-state index is 12.7. The van der Waals surface area contributed by atoms with Crippen molar-refractivity contribution in [3.63, 3.8) is 0 Å². The number of halogens is 1. The van der Waals surface area contributed by atoms with Gasteiger partial charge in [-0.25, -0.2) is 4.79 Å². The molecule has 0 aromatic carbocycles. The van der Waals surface area contributed by atoms with Gasteiger partial charge in [0.1, 0.15) is 12.1 Å². The summed E-state index contributed by atoms with van der Waals surface area (Å²) in [6, 6.07) is -0.479. The maximum atomic E-state index is 12.7. The molecule has 142 valence electrons. The summed E-state index contributed by atoms with van der Waals surface area (Å²) in [6.45, 7) is 3.38. The zero-order valence-electron chi connectivity index (χ0n) is 14.4. The number of hydrogen-bond donors (Lipinski definition) is 4. The number of urea groups is 1. The zero-order valence-corrected chi connectivity index (χ0v) is 15.2. The van der Waals surface area contributed by atoms with Gasteiger partial charge in [0.15, 0.2) is 0 Å². The number of imide groups is 1. The molecule has 0 radical (unpaired) electrons. The highest BCUT2D eigenvalue weighted by Crippen LogP contribution is 2.36. The van der Waals surface area contributed by atoms with Crippen molar-refractivity contribution in [2.45, 2.75) is 44.2 Å². The Kier molecular flexibility index (Phi) is 6.29. The molecule has 25 heavy (non-hydrogen) atoms. The zero-order chi connectivity index (χ0) is 17.3. The van der Waals surface area contributed by atoms with Crippen molar-refractivity contribution >= 4 is 30.3 Å². The van der Waals surface area contributed by atoms with Crippen LogP contribution in [0.2, 0.25) is 0 Å². The molecule has 4 amide bonds. The third-order valence-electron chi connectivity index (χ3n) is 5.54. The van der Waals surface area contributed by atoms with Gasteiger partial charge in [-0.1, -0.05) is 6.92 Å². The van der Waals surface area contributed by atoms with Gasteiger partial charge in [-0.3, -0.25) is 14.5 Å². The molecule has 2 unspecified atom stereocenters. The van der Waals surface area contributed by atoms with Crippen LogP contribution >= 0.6 is 12.4 Å². The van der Waals surface area contributed by atoms with E-state index in [2.05, 4.69) is 22.9 Å². The predicted molar refractivity (Wildman–Crippen MR) is 93.2 cm³/mol. The van der Waals surface area contributed by atoms with Crippen molar-refractivity contribution in [2.24, 2.45) is 11.8 Å². The summed E-state index contributed by atoms with van der Waals surface area (Å²) in [6.07, 6.45) is 2.60. The molecule has 0 aromatic rings. The quantitative estimate of drug-likeness (QED) is 0.501. The summed E-state index contributed by atoms with van der Waals surface area (Å²) in [4.78, 5) is 37.9. The van der Waals surface area contributed by atoms with Crippen molar-refractivity contribution < 1.29 is 19.5 Å². The molecule has 2 saturated heterocycles. The fourth-order valence-electron chi connectivity index (χ4n) is 3.79. The van der Waals surface area contributed by atoms with Crippen LogP contribution < -0.4 is 16.0 Å². The number of aliphatic hydroxyl groups excluding tert-OH is 1. The number of β-amino-alcohol motifs (C(OH)–C–C–N with tert-alkyl or cyclic N) is 1. The molecule has 2 atom stereocenters. The molecule has 9 heteroatoms. The van der Waals surface area contributed by atoms with Crippen LogP contribution in [0, 0.1) is 11.8 Å². The molecule has 8 nitrogen and oxygen atoms in total. The SMILES string of the molecule is CC1CCC2(CC1)NC(=O)N(CC(=O)NCC1CNCC1O)C2=O.Cl. The summed E-state index contributed by atoms with van der Waals surface area (Å²) < 4.78 is 0. The van der Waals surface area contributed by atoms with Crippen LogP contribution in [0.5, 0.6) is 0 Å². The minimum absolute atomic E-state index is 0. The maximum Gasteiger partial charge on any atom is 0.325 e. The summed E-state index contributed by atoms with van der Waals surface area (Å²) in [5.74, 6) is -0.136. The molecule has 2 heterocycles. The van der Waals surface area contributed by atoms with E-state index in [0.717, 1.165) is 17.7 Å². The second kappa shape index (κ2) is 7.88. The highest BCUT2D eigenvalue weighted by atomic mass is 35.5. The minimum atomic E-state index is -0.810. The van der Waals surface area contributed by atoms with Crippen LogP contribution in [-0.4, -0.2) is 65.7 Å². The van der Waals surface area contributed by atoms with Gasteiger partial charge < -0.3 is 21.1 Å². The lowest BCUT2D eigenvalue weighted by molar-refractivity contribution is -0.136. The van der Waals surface area contributed by atoms with Gasteiger partial charge in [0, 0.05) is 25.6 Å². The van der Waals surface area contributed by atoms with Gasteiger partial charge in [0.25, 0.3) is 5.91 Å². The minimum Gasteiger partial charge on any atom is -0.391 e. The van der Waals surface area contributed by atoms with E-state index < -0.39 is 17.7 Å². The summed E-state index contributed by atoms with van der Waals surface area (Å²) in [7, 11) is 0. The van der Waals surface area contributed by atoms with Crippen molar-refractivity contribution in [3.05, 3.63) is 0 Å². The van der Waals surface area contributed by atoms with Crippen molar-refractivity contribution in [3.8, 4) is 0 Å². The molecule has 3 rings (SSSR count). The topological polar surface area (TPSA) is 111 Å². The van der Waals surface area contributed by atoms with E-state index in [1.54, 1.807) is 0 Å². The van der Waals surface area contributed by atoms with Crippen LogP contribution in [0.3, 0.4) is 0 Å². The highest BCUT2D eigenvalue weighted by molar-refractivity contribution is 6.09. The first kappa shape index (κ1) is 19.9. The summed E-state index contributed by atoms with van der Waals surface area (Å²) >= 11 is 0. The third kappa shape index (κ3) is 4.07. The molecular weight excluding hydrogens is 348 g/mol. The van der Waals surface area contributed by atoms with Gasteiger partial charge in [0.05, 0.1) is 6.10 Å². The molecule has 3 fully saturated rings. The highest BCUT2D eigenvalue weighted by Gasteiger charge is 2.52. The Hall–Kier alpha value is -1.38. The average Bonchev–Trinajstić information content (AvgIpc) is 3.05. The Morgan fingerprint density at radius 2 is 2.00 bits per heavy atom. The van der Waals surface area contributed by atoms with Gasteiger partial charge in [-0.05, 0) is 31.6 Å². The number of hydrogen-bond acceptors (Lipinski definition) is 5. The Morgan fingerprint density at radius 1 is 1.32 bits per heavy atom. The van der Waals surface area contributed by atoms with E-state index in [0.29, 0.717) is 38.4 Å². The fourth-order valence-corrected chi connectivity index (χ4v) is 3.79. The molecule has 0 bridgehead atoms. The lowest BCUT2D eigenvalue weighted by atomic mass is 9.77. The number of aliphatic hydroxyl groups is 1. The third-order valence-corrected chi connectivity index (χ3v) is 5.54. The Balaban J connectivity index is 0.00000225. The Labute approximate surface area is 153 Å². The number of carbonyl (C=O) groups excluding carboxylic acids is 3. The monoisotopic (exact) mass is 374 g/mol. The smallest absolute Gasteiger partial charge is 0.325 e. The first-order chi connectivity index (χ1) is 11.4. The van der Waals surface area contributed by atoms with Gasteiger partial charge in [-0.15, -0.1) is 12.4 Å². The lowest BCUT2D eigenvalue weighted by Crippen LogP contribution is -2.50. The van der Waals surface area contributed by atoms with Crippen molar-refractivity contribution in [1.82, 2.24) is 20.9 Å². The number of nitrogens with zero attached hydrogens (tertiary/aromatic N) is 1. The van der Waals surface area contributed by atoms with E-state index in [9.17, 15) is 19.5 Å². The first-order valence-corrected chi connectivity index (χ1v) is 8.71. The van der Waals surface area contributed by atoms with E-state index in [4.69, 9.17) is 0 Å². The van der Waals surface area contributed by atoms with E-state index in [-0.39, 0.29) is 36.7 Å². The van der Waals surface area contributed by atoms with E-state index in [1.807, 2.05) is 0 Å². The molecular formula is C16H27ClN4O4. The number of carbonyl (C=O) groups is 3. The molecule has 3 aliphatic rings. The van der Waals surface area contributed by atoms with Gasteiger partial charge in [0.2, 0.25) is 5.91 Å². The van der Waals surface area contributed by atoms with Gasteiger partial charge >= 0.3 is 6.03 Å². The van der Waals surface area contributed by atoms with E-state index >= 15 is 0 Å². The largest absolute Gasteiger partial charge is 0.391 e. The molecule has 1 saturated carbocycles. The van der Waals surface area contributed by atoms with Crippen LogP contribution in [0.25, 0.3) is 0 Å². The number of nitrogens with one attached hydrogen (secondary N) is 3. The number of amides is 4. The summed E-state index contributed by atoms with van der Waals surface area (Å²) in [5.41, 5.74) is -0.810. The normalized spacial score (nSPS) is 34.8. The second-order valence-electron chi connectivity index (χ2n) is 7.38. The Morgan fingerprint density at radius 3 is 2.60 bits per heavy atom. The van der Waals surface area contributed by atoms with Crippen LogP contribution in [-0.2, 0) is 9.59 Å². The van der Waals surface area contributed by atoms with Crippen LogP contribution in [0.1, 0.15) is 32.6 Å². The van der Waals surface area contributed by atoms with Crippen LogP contribution in [0.15, 0.2) is 0 Å². The predicted octanol–water partition coefficient (Wildman–Crippen LogP) is -0.395. The molecule has 2 aliphatic heterocycles. The Bertz CT molecular complexity index is 536. The molecule has 1 spiro atoms. The van der Waals surface area contributed by atoms with Crippen molar-refractivity contribution in [2.75, 3.05) is 26.2 Å². The molecule has 1 aliphatic carbocycles. The summed E-state index contributed by atoms with van der Waals surface area (Å²) in [5, 5.41) is 18.3. The standard InChI is InChI=1S/C16H26N4O4.ClH/c1-10-2-4-16(5-3-10)14(23)20(15(24)19-16)9-13(22)18-7-11-6-17-8-12(11)21;/h10-12,17,21H,2-9H2,1H3,(H,18,22)(H,19,24);1H.